The Morgan fingerprint density at radius 3 is 2.73 bits per heavy atom. The molecule has 1 aliphatic rings. The van der Waals surface area contributed by atoms with E-state index in [0.29, 0.717) is 11.3 Å². The summed E-state index contributed by atoms with van der Waals surface area (Å²) in [5, 5.41) is 7.39. The highest BCUT2D eigenvalue weighted by Crippen LogP contribution is 2.18. The lowest BCUT2D eigenvalue weighted by Crippen LogP contribution is -2.45. The molecule has 0 aliphatic carbocycles. The Balaban J connectivity index is 2.02. The zero-order valence-corrected chi connectivity index (χ0v) is 11.8. The molecule has 116 valence electrons. The highest BCUT2D eigenvalue weighted by atomic mass is 16.5. The number of ether oxygens (including phenoxy) is 1. The molecule has 3 amide bonds. The third kappa shape index (κ3) is 3.60. The molecule has 1 aromatic carbocycles. The van der Waals surface area contributed by atoms with Gasteiger partial charge in [-0.2, -0.15) is 0 Å². The van der Waals surface area contributed by atoms with E-state index in [0.717, 1.165) is 0 Å². The second kappa shape index (κ2) is 6.70. The summed E-state index contributed by atoms with van der Waals surface area (Å²) in [7, 11) is 1.20. The van der Waals surface area contributed by atoms with E-state index < -0.39 is 29.7 Å². The fourth-order valence-electron chi connectivity index (χ4n) is 1.96. The summed E-state index contributed by atoms with van der Waals surface area (Å²) in [4.78, 5) is 46.8. The molecule has 1 heterocycles. The van der Waals surface area contributed by atoms with Gasteiger partial charge in [-0.25, -0.2) is 0 Å². The van der Waals surface area contributed by atoms with Gasteiger partial charge in [0.2, 0.25) is 11.8 Å². The first-order valence-electron chi connectivity index (χ1n) is 6.55. The van der Waals surface area contributed by atoms with Gasteiger partial charge in [-0.1, -0.05) is 12.1 Å². The number of nitrogens with one attached hydrogen (secondary N) is 3. The molecule has 2 rings (SSSR count). The Bertz CT molecular complexity index is 629. The molecule has 0 saturated heterocycles. The van der Waals surface area contributed by atoms with Gasteiger partial charge in [0.1, 0.15) is 12.6 Å². The molecular formula is C14H15N3O5. The Kier molecular flexibility index (Phi) is 4.72. The molecule has 8 heteroatoms. The molecule has 1 aliphatic heterocycles. The van der Waals surface area contributed by atoms with Crippen molar-refractivity contribution in [2.75, 3.05) is 19.0 Å². The van der Waals surface area contributed by atoms with Crippen LogP contribution in [0.2, 0.25) is 0 Å². The van der Waals surface area contributed by atoms with Crippen LogP contribution in [0.5, 0.6) is 0 Å². The van der Waals surface area contributed by atoms with Crippen LogP contribution in [0.15, 0.2) is 24.3 Å². The fraction of sp³-hybridized carbons (Fsp3) is 0.286. The quantitative estimate of drug-likeness (QED) is 0.644. The average molecular weight is 305 g/mol. The zero-order valence-electron chi connectivity index (χ0n) is 11.8. The number of hydrogen-bond acceptors (Lipinski definition) is 5. The smallest absolute Gasteiger partial charge is 0.325 e. The standard InChI is InChI=1S/C14H15N3O5/c1-22-12(19)7-15-11(18)6-10-14(21)16-9-5-3-2-4-8(9)13(20)17-10/h2-5,10H,6-7H2,1H3,(H,15,18)(H,16,21)(H,17,20)/t10-/m1/s1. The zero-order chi connectivity index (χ0) is 16.1. The van der Waals surface area contributed by atoms with E-state index >= 15 is 0 Å². The van der Waals surface area contributed by atoms with Gasteiger partial charge in [0.05, 0.1) is 24.8 Å². The molecule has 0 fully saturated rings. The fourth-order valence-corrected chi connectivity index (χ4v) is 1.96. The van der Waals surface area contributed by atoms with E-state index in [4.69, 9.17) is 0 Å². The van der Waals surface area contributed by atoms with Crippen molar-refractivity contribution >= 4 is 29.4 Å². The molecule has 22 heavy (non-hydrogen) atoms. The molecule has 0 saturated carbocycles. The number of fused-ring (bicyclic) bond motifs is 1. The topological polar surface area (TPSA) is 114 Å². The van der Waals surface area contributed by atoms with Gasteiger partial charge in [-0.05, 0) is 12.1 Å². The highest BCUT2D eigenvalue weighted by molar-refractivity contribution is 6.10. The summed E-state index contributed by atoms with van der Waals surface area (Å²) in [6.07, 6.45) is -0.275. The Labute approximate surface area is 126 Å². The third-order valence-corrected chi connectivity index (χ3v) is 3.10. The number of carbonyl (C=O) groups excluding carboxylic acids is 4. The lowest BCUT2D eigenvalue weighted by molar-refractivity contribution is -0.141. The molecule has 1 aromatic rings. The molecular weight excluding hydrogens is 290 g/mol. The van der Waals surface area contributed by atoms with Crippen LogP contribution in [-0.2, 0) is 19.1 Å². The number of para-hydroxylation sites is 1. The minimum atomic E-state index is -1.02. The average Bonchev–Trinajstić information content (AvgIpc) is 2.62. The number of benzene rings is 1. The lowest BCUT2D eigenvalue weighted by atomic mass is 10.1. The van der Waals surface area contributed by atoms with E-state index in [2.05, 4.69) is 20.7 Å². The van der Waals surface area contributed by atoms with Gasteiger partial charge < -0.3 is 20.7 Å². The first-order chi connectivity index (χ1) is 10.5. The number of hydrogen-bond donors (Lipinski definition) is 3. The van der Waals surface area contributed by atoms with E-state index in [9.17, 15) is 19.2 Å². The molecule has 0 radical (unpaired) electrons. The van der Waals surface area contributed by atoms with E-state index in [1.54, 1.807) is 24.3 Å². The van der Waals surface area contributed by atoms with Gasteiger partial charge in [-0.3, -0.25) is 19.2 Å². The number of rotatable bonds is 4. The molecule has 8 nitrogen and oxygen atoms in total. The normalized spacial score (nSPS) is 16.7. The number of anilines is 1. The predicted molar refractivity (Wildman–Crippen MR) is 76.0 cm³/mol. The monoisotopic (exact) mass is 305 g/mol. The van der Waals surface area contributed by atoms with Crippen molar-refractivity contribution in [3.8, 4) is 0 Å². The first kappa shape index (κ1) is 15.5. The minimum absolute atomic E-state index is 0.275. The van der Waals surface area contributed by atoms with Crippen molar-refractivity contribution in [2.45, 2.75) is 12.5 Å². The Morgan fingerprint density at radius 2 is 2.00 bits per heavy atom. The molecule has 1 atom stereocenters. The van der Waals surface area contributed by atoms with Gasteiger partial charge in [0, 0.05) is 0 Å². The molecule has 0 spiro atoms. The predicted octanol–water partition coefficient (Wildman–Crippen LogP) is -0.584. The number of methoxy groups -OCH3 is 1. The van der Waals surface area contributed by atoms with Crippen molar-refractivity contribution in [2.24, 2.45) is 0 Å². The van der Waals surface area contributed by atoms with Crippen LogP contribution in [0.3, 0.4) is 0 Å². The van der Waals surface area contributed by atoms with Crippen molar-refractivity contribution in [3.05, 3.63) is 29.8 Å². The van der Waals surface area contributed by atoms with Crippen LogP contribution in [0, 0.1) is 0 Å². The number of amides is 3. The van der Waals surface area contributed by atoms with Crippen molar-refractivity contribution in [1.82, 2.24) is 10.6 Å². The summed E-state index contributed by atoms with van der Waals surface area (Å²) < 4.78 is 4.39. The SMILES string of the molecule is COC(=O)CNC(=O)C[C@H]1NC(=O)c2ccccc2NC1=O. The van der Waals surface area contributed by atoms with Gasteiger partial charge in [0.25, 0.3) is 5.91 Å². The summed E-state index contributed by atoms with van der Waals surface area (Å²) in [6, 6.07) is 5.53. The Morgan fingerprint density at radius 1 is 1.27 bits per heavy atom. The Hall–Kier alpha value is -2.90. The van der Waals surface area contributed by atoms with E-state index in [1.807, 2.05) is 0 Å². The second-order valence-electron chi connectivity index (χ2n) is 4.62. The third-order valence-electron chi connectivity index (χ3n) is 3.10. The summed E-state index contributed by atoms with van der Waals surface area (Å²) in [6.45, 7) is -0.294. The lowest BCUT2D eigenvalue weighted by Gasteiger charge is -2.14. The van der Waals surface area contributed by atoms with Crippen molar-refractivity contribution in [1.29, 1.82) is 0 Å². The molecule has 0 unspecified atom stereocenters. The van der Waals surface area contributed by atoms with E-state index in [-0.39, 0.29) is 13.0 Å². The minimum Gasteiger partial charge on any atom is -0.468 e. The maximum atomic E-state index is 12.1. The van der Waals surface area contributed by atoms with Crippen molar-refractivity contribution in [3.63, 3.8) is 0 Å². The molecule has 0 aromatic heterocycles. The molecule has 0 bridgehead atoms. The summed E-state index contributed by atoms with van der Waals surface area (Å²) >= 11 is 0. The summed E-state index contributed by atoms with van der Waals surface area (Å²) in [5.74, 6) is -2.09. The van der Waals surface area contributed by atoms with E-state index in [1.165, 1.54) is 7.11 Å². The van der Waals surface area contributed by atoms with Gasteiger partial charge >= 0.3 is 5.97 Å². The summed E-state index contributed by atoms with van der Waals surface area (Å²) in [5.41, 5.74) is 0.718. The highest BCUT2D eigenvalue weighted by Gasteiger charge is 2.29. The van der Waals surface area contributed by atoms with Crippen molar-refractivity contribution < 1.29 is 23.9 Å². The number of carbonyl (C=O) groups is 4. The largest absolute Gasteiger partial charge is 0.468 e. The van der Waals surface area contributed by atoms with Crippen LogP contribution in [0.1, 0.15) is 16.8 Å². The first-order valence-corrected chi connectivity index (χ1v) is 6.55. The van der Waals surface area contributed by atoms with Crippen LogP contribution in [-0.4, -0.2) is 43.4 Å². The van der Waals surface area contributed by atoms with Crippen LogP contribution >= 0.6 is 0 Å². The molecule has 3 N–H and O–H groups in total. The maximum Gasteiger partial charge on any atom is 0.325 e. The second-order valence-corrected chi connectivity index (χ2v) is 4.62. The van der Waals surface area contributed by atoms with Crippen LogP contribution in [0.25, 0.3) is 0 Å². The van der Waals surface area contributed by atoms with Crippen LogP contribution in [0.4, 0.5) is 5.69 Å². The maximum absolute atomic E-state index is 12.1. The number of esters is 1. The van der Waals surface area contributed by atoms with Gasteiger partial charge in [0.15, 0.2) is 0 Å². The van der Waals surface area contributed by atoms with Gasteiger partial charge in [-0.15, -0.1) is 0 Å². The van der Waals surface area contributed by atoms with Crippen LogP contribution < -0.4 is 16.0 Å².